The third kappa shape index (κ3) is 2.98. The molecule has 1 atom stereocenters. The largest absolute Gasteiger partial charge is 0.462 e. The van der Waals surface area contributed by atoms with Gasteiger partial charge in [-0.3, -0.25) is 0 Å². The summed E-state index contributed by atoms with van der Waals surface area (Å²) in [6.07, 6.45) is 1.70. The molecule has 23 heavy (non-hydrogen) atoms. The topological polar surface area (TPSA) is 39.9 Å². The molecular weight excluding hydrogens is 290 g/mol. The Balaban J connectivity index is 2.14. The highest BCUT2D eigenvalue weighted by Gasteiger charge is 2.19. The second-order valence-corrected chi connectivity index (χ2v) is 5.22. The van der Waals surface area contributed by atoms with Crippen LogP contribution in [-0.4, -0.2) is 24.1 Å². The number of fused-ring (bicyclic) bond motifs is 1. The number of carbonyl (C=O) groups is 1. The summed E-state index contributed by atoms with van der Waals surface area (Å²) in [5, 5.41) is 0. The van der Waals surface area contributed by atoms with Crippen LogP contribution in [0.5, 0.6) is 0 Å². The molecular formula is C19H19NO3. The number of methoxy groups -OCH3 is 1. The fraction of sp³-hybridized carbons (Fsp3) is 0.211. The maximum absolute atomic E-state index is 12.1. The lowest BCUT2D eigenvalue weighted by Gasteiger charge is -2.19. The van der Waals surface area contributed by atoms with E-state index in [-0.39, 0.29) is 12.1 Å². The highest BCUT2D eigenvalue weighted by atomic mass is 16.5. The van der Waals surface area contributed by atoms with Gasteiger partial charge in [0.1, 0.15) is 6.10 Å². The molecule has 3 aromatic rings. The van der Waals surface area contributed by atoms with Crippen molar-refractivity contribution in [2.24, 2.45) is 0 Å². The second kappa shape index (κ2) is 6.67. The maximum Gasteiger partial charge on any atom is 0.338 e. The Morgan fingerprint density at radius 3 is 2.61 bits per heavy atom. The van der Waals surface area contributed by atoms with Crippen molar-refractivity contribution in [3.8, 4) is 0 Å². The van der Waals surface area contributed by atoms with Crippen LogP contribution < -0.4 is 0 Å². The van der Waals surface area contributed by atoms with Crippen molar-refractivity contribution in [1.82, 2.24) is 4.40 Å². The van der Waals surface area contributed by atoms with Gasteiger partial charge in [0, 0.05) is 18.8 Å². The molecule has 0 spiro atoms. The normalized spacial score (nSPS) is 12.3. The summed E-state index contributed by atoms with van der Waals surface area (Å²) in [5.41, 5.74) is 3.39. The first-order valence-corrected chi connectivity index (χ1v) is 7.60. The summed E-state index contributed by atoms with van der Waals surface area (Å²) in [7, 11) is 1.67. The number of carbonyl (C=O) groups excluding carboxylic acids is 1. The van der Waals surface area contributed by atoms with Crippen LogP contribution in [0.3, 0.4) is 0 Å². The van der Waals surface area contributed by atoms with Gasteiger partial charge in [-0.1, -0.05) is 30.3 Å². The van der Waals surface area contributed by atoms with E-state index in [9.17, 15) is 4.79 Å². The minimum absolute atomic E-state index is 0.263. The van der Waals surface area contributed by atoms with Crippen molar-refractivity contribution < 1.29 is 14.3 Å². The van der Waals surface area contributed by atoms with Crippen molar-refractivity contribution in [2.45, 2.75) is 13.0 Å². The van der Waals surface area contributed by atoms with E-state index in [0.717, 1.165) is 16.8 Å². The lowest BCUT2D eigenvalue weighted by molar-refractivity contribution is 0.0525. The van der Waals surface area contributed by atoms with E-state index < -0.39 is 0 Å². The first kappa shape index (κ1) is 15.3. The van der Waals surface area contributed by atoms with Gasteiger partial charge in [-0.05, 0) is 36.8 Å². The number of aromatic nitrogens is 1. The molecule has 1 aromatic carbocycles. The van der Waals surface area contributed by atoms with Crippen LogP contribution in [0.2, 0.25) is 0 Å². The number of rotatable bonds is 5. The monoisotopic (exact) mass is 309 g/mol. The van der Waals surface area contributed by atoms with Crippen LogP contribution in [0.15, 0.2) is 60.8 Å². The van der Waals surface area contributed by atoms with Gasteiger partial charge in [0.15, 0.2) is 0 Å². The van der Waals surface area contributed by atoms with Gasteiger partial charge in [-0.25, -0.2) is 4.79 Å². The minimum atomic E-state index is -0.319. The van der Waals surface area contributed by atoms with Gasteiger partial charge in [-0.15, -0.1) is 0 Å². The van der Waals surface area contributed by atoms with Gasteiger partial charge in [0.25, 0.3) is 0 Å². The molecule has 0 aliphatic carbocycles. The molecule has 0 aliphatic heterocycles. The highest BCUT2D eigenvalue weighted by Crippen LogP contribution is 2.27. The first-order valence-electron chi connectivity index (χ1n) is 7.60. The van der Waals surface area contributed by atoms with E-state index >= 15 is 0 Å². The molecule has 4 heteroatoms. The maximum atomic E-state index is 12.1. The van der Waals surface area contributed by atoms with Crippen LogP contribution in [0.4, 0.5) is 0 Å². The number of nitrogens with zero attached hydrogens (tertiary/aromatic N) is 1. The van der Waals surface area contributed by atoms with Gasteiger partial charge in [-0.2, -0.15) is 0 Å². The standard InChI is InChI=1S/C19H19NO3/c1-3-23-19(21)15-12-16-10-7-11-20(16)17(13-15)18(22-2)14-8-5-4-6-9-14/h4-13,18H,3H2,1-2H3. The number of hydrogen-bond donors (Lipinski definition) is 0. The molecule has 118 valence electrons. The van der Waals surface area contributed by atoms with Crippen molar-refractivity contribution in [3.05, 3.63) is 77.6 Å². The number of benzene rings is 1. The summed E-state index contributed by atoms with van der Waals surface area (Å²) < 4.78 is 12.9. The van der Waals surface area contributed by atoms with E-state index in [1.54, 1.807) is 14.0 Å². The molecule has 0 bridgehead atoms. The van der Waals surface area contributed by atoms with E-state index in [1.165, 1.54) is 0 Å². The number of pyridine rings is 1. The molecule has 0 N–H and O–H groups in total. The minimum Gasteiger partial charge on any atom is -0.462 e. The van der Waals surface area contributed by atoms with Gasteiger partial charge in [0.05, 0.1) is 17.9 Å². The van der Waals surface area contributed by atoms with E-state index in [0.29, 0.717) is 12.2 Å². The third-order valence-electron chi connectivity index (χ3n) is 3.78. The van der Waals surface area contributed by atoms with Gasteiger partial charge < -0.3 is 13.9 Å². The van der Waals surface area contributed by atoms with Crippen LogP contribution in [0, 0.1) is 0 Å². The Hall–Kier alpha value is -2.59. The molecule has 2 aromatic heterocycles. The van der Waals surface area contributed by atoms with E-state index in [4.69, 9.17) is 9.47 Å². The second-order valence-electron chi connectivity index (χ2n) is 5.22. The van der Waals surface area contributed by atoms with Crippen LogP contribution in [0.25, 0.3) is 5.52 Å². The Morgan fingerprint density at radius 1 is 1.13 bits per heavy atom. The SMILES string of the molecule is CCOC(=O)c1cc(C(OC)c2ccccc2)n2cccc2c1. The molecule has 3 rings (SSSR count). The van der Waals surface area contributed by atoms with Crippen molar-refractivity contribution >= 4 is 11.5 Å². The zero-order chi connectivity index (χ0) is 16.2. The van der Waals surface area contributed by atoms with E-state index in [2.05, 4.69) is 0 Å². The number of ether oxygens (including phenoxy) is 2. The Bertz CT molecular complexity index is 808. The molecule has 0 fully saturated rings. The molecule has 0 saturated heterocycles. The van der Waals surface area contributed by atoms with E-state index in [1.807, 2.05) is 65.2 Å². The Labute approximate surface area is 135 Å². The molecule has 1 unspecified atom stereocenters. The third-order valence-corrected chi connectivity index (χ3v) is 3.78. The summed E-state index contributed by atoms with van der Waals surface area (Å²) >= 11 is 0. The van der Waals surface area contributed by atoms with Crippen LogP contribution in [0.1, 0.15) is 34.6 Å². The number of esters is 1. The highest BCUT2D eigenvalue weighted by molar-refractivity contribution is 5.91. The van der Waals surface area contributed by atoms with Gasteiger partial charge >= 0.3 is 5.97 Å². The first-order chi connectivity index (χ1) is 11.2. The molecule has 2 heterocycles. The summed E-state index contributed by atoms with van der Waals surface area (Å²) in [4.78, 5) is 12.1. The number of hydrogen-bond acceptors (Lipinski definition) is 3. The Kier molecular flexibility index (Phi) is 4.44. The van der Waals surface area contributed by atoms with Crippen molar-refractivity contribution in [2.75, 3.05) is 13.7 Å². The fourth-order valence-electron chi connectivity index (χ4n) is 2.77. The zero-order valence-electron chi connectivity index (χ0n) is 13.2. The van der Waals surface area contributed by atoms with Crippen molar-refractivity contribution in [1.29, 1.82) is 0 Å². The molecule has 0 amide bonds. The fourth-order valence-corrected chi connectivity index (χ4v) is 2.77. The summed E-state index contributed by atoms with van der Waals surface area (Å²) in [6, 6.07) is 17.5. The summed E-state index contributed by atoms with van der Waals surface area (Å²) in [6.45, 7) is 2.16. The van der Waals surface area contributed by atoms with Gasteiger partial charge in [0.2, 0.25) is 0 Å². The Morgan fingerprint density at radius 2 is 1.91 bits per heavy atom. The molecule has 0 saturated carbocycles. The average Bonchev–Trinajstić information content (AvgIpc) is 3.05. The smallest absolute Gasteiger partial charge is 0.338 e. The predicted octanol–water partition coefficient (Wildman–Crippen LogP) is 3.85. The molecule has 4 nitrogen and oxygen atoms in total. The summed E-state index contributed by atoms with van der Waals surface area (Å²) in [5.74, 6) is -0.319. The quantitative estimate of drug-likeness (QED) is 0.672. The molecule has 0 radical (unpaired) electrons. The zero-order valence-corrected chi connectivity index (χ0v) is 13.2. The van der Waals surface area contributed by atoms with Crippen LogP contribution in [-0.2, 0) is 9.47 Å². The van der Waals surface area contributed by atoms with Crippen LogP contribution >= 0.6 is 0 Å². The average molecular weight is 309 g/mol. The van der Waals surface area contributed by atoms with Crippen molar-refractivity contribution in [3.63, 3.8) is 0 Å². The lowest BCUT2D eigenvalue weighted by Crippen LogP contribution is -2.12. The molecule has 0 aliphatic rings. The lowest BCUT2D eigenvalue weighted by atomic mass is 10.0. The predicted molar refractivity (Wildman–Crippen MR) is 88.6 cm³/mol.